The number of nitrogens with zero attached hydrogens (tertiary/aromatic N) is 11. The first-order chi connectivity index (χ1) is 49.1. The SMILES string of the molecule is COC(=O)c1cnc(N2CCN(CC3CCN(c4ccc(C(=O)NC5C(C)(C)C(Oc6cc(C)c(C#N)c(C)c6)C5(C)C)cc4)CC3)CC2)cn1.COC(=O)c1cnc(N2CCNCC2)cn1.Cc1cc(OC2C(C)(C)C(NC(=O)c3ccc(N4CCC(C=O)CC4)cc3)C2(C)C)cc(C)c1C#N.Cl. The number of methoxy groups -OCH3 is 2. The van der Waals surface area contributed by atoms with Gasteiger partial charge in [0, 0.05) is 147 Å². The fourth-order valence-electron chi connectivity index (χ4n) is 16.8. The lowest BCUT2D eigenvalue weighted by Crippen LogP contribution is -2.74. The number of anilines is 4. The Kier molecular flexibility index (Phi) is 25.4. The van der Waals surface area contributed by atoms with Crippen LogP contribution in [0.3, 0.4) is 0 Å². The highest BCUT2D eigenvalue weighted by atomic mass is 35.5. The summed E-state index contributed by atoms with van der Waals surface area (Å²) in [4.78, 5) is 89.0. The van der Waals surface area contributed by atoms with Crippen LogP contribution in [0.4, 0.5) is 23.0 Å². The molecule has 23 nitrogen and oxygen atoms in total. The lowest BCUT2D eigenvalue weighted by atomic mass is 9.49. The minimum Gasteiger partial charge on any atom is -0.489 e. The van der Waals surface area contributed by atoms with Crippen LogP contribution in [-0.2, 0) is 14.3 Å². The van der Waals surface area contributed by atoms with Crippen LogP contribution in [0.25, 0.3) is 0 Å². The van der Waals surface area contributed by atoms with Crippen LogP contribution in [0.15, 0.2) is 97.6 Å². The van der Waals surface area contributed by atoms with Gasteiger partial charge in [0.25, 0.3) is 11.8 Å². The smallest absolute Gasteiger partial charge is 0.358 e. The zero-order chi connectivity index (χ0) is 74.1. The predicted octanol–water partition coefficient (Wildman–Crippen LogP) is 10.7. The van der Waals surface area contributed by atoms with E-state index in [4.69, 9.17) is 14.2 Å². The van der Waals surface area contributed by atoms with E-state index in [-0.39, 0.29) is 87.5 Å². The molecule has 2 aromatic heterocycles. The summed E-state index contributed by atoms with van der Waals surface area (Å²) in [7, 11) is 2.67. The number of piperazine rings is 2. The van der Waals surface area contributed by atoms with Crippen molar-refractivity contribution in [3.8, 4) is 23.6 Å². The van der Waals surface area contributed by atoms with Crippen molar-refractivity contribution in [2.24, 2.45) is 33.5 Å². The van der Waals surface area contributed by atoms with E-state index < -0.39 is 11.9 Å². The van der Waals surface area contributed by atoms with Crippen LogP contribution >= 0.6 is 12.4 Å². The van der Waals surface area contributed by atoms with Crippen molar-refractivity contribution < 1.29 is 42.9 Å². The molecule has 4 aliphatic heterocycles. The molecule has 0 unspecified atom stereocenters. The first-order valence-electron chi connectivity index (χ1n) is 36.0. The van der Waals surface area contributed by atoms with Crippen molar-refractivity contribution in [1.29, 1.82) is 10.5 Å². The molecule has 2 saturated carbocycles. The van der Waals surface area contributed by atoms with E-state index in [0.717, 1.165) is 174 Å². The maximum atomic E-state index is 13.5. The normalized spacial score (nSPS) is 21.0. The topological polar surface area (TPSA) is 274 Å². The molecule has 0 atom stereocenters. The zero-order valence-electron chi connectivity index (χ0n) is 62.8. The molecule has 3 N–H and O–H groups in total. The van der Waals surface area contributed by atoms with E-state index >= 15 is 0 Å². The Bertz CT molecular complexity index is 3990. The number of aryl methyl sites for hydroxylation is 4. The van der Waals surface area contributed by atoms with E-state index in [1.807, 2.05) is 88.4 Å². The van der Waals surface area contributed by atoms with E-state index in [1.165, 1.54) is 26.6 Å². The van der Waals surface area contributed by atoms with Gasteiger partial charge in [-0.15, -0.1) is 12.4 Å². The number of piperidine rings is 2. The van der Waals surface area contributed by atoms with Crippen molar-refractivity contribution in [1.82, 2.24) is 40.8 Å². The molecule has 0 spiro atoms. The lowest BCUT2D eigenvalue weighted by Gasteiger charge is -2.63. The van der Waals surface area contributed by atoms with Gasteiger partial charge < -0.3 is 59.3 Å². The Labute approximate surface area is 619 Å². The van der Waals surface area contributed by atoms with Gasteiger partial charge in [-0.25, -0.2) is 29.5 Å². The average molecular weight is 1440 g/mol. The summed E-state index contributed by atoms with van der Waals surface area (Å²) in [5.74, 6) is 2.84. The predicted molar refractivity (Wildman–Crippen MR) is 404 cm³/mol. The molecule has 12 rings (SSSR count). The molecule has 104 heavy (non-hydrogen) atoms. The third-order valence-corrected chi connectivity index (χ3v) is 22.0. The molecule has 6 aromatic rings. The van der Waals surface area contributed by atoms with Gasteiger partial charge in [-0.3, -0.25) is 14.5 Å². The first kappa shape index (κ1) is 78.7. The molecule has 2 aliphatic carbocycles. The maximum absolute atomic E-state index is 13.5. The zero-order valence-corrected chi connectivity index (χ0v) is 63.6. The van der Waals surface area contributed by atoms with Gasteiger partial charge in [-0.1, -0.05) is 55.4 Å². The number of carbonyl (C=O) groups is 5. The number of amides is 2. The number of esters is 2. The number of nitriles is 2. The van der Waals surface area contributed by atoms with Gasteiger partial charge in [-0.05, 0) is 154 Å². The molecule has 6 fully saturated rings. The maximum Gasteiger partial charge on any atom is 0.358 e. The number of ether oxygens (including phenoxy) is 4. The van der Waals surface area contributed by atoms with E-state index in [9.17, 15) is 34.5 Å². The van der Waals surface area contributed by atoms with Gasteiger partial charge in [0.2, 0.25) is 0 Å². The second-order valence-electron chi connectivity index (χ2n) is 30.7. The molecular weight excluding hydrogens is 1340 g/mol. The highest BCUT2D eigenvalue weighted by Crippen LogP contribution is 2.57. The molecule has 6 aliphatic rings. The summed E-state index contributed by atoms with van der Waals surface area (Å²) in [6.07, 6.45) is 11.1. The minimum atomic E-state index is -0.476. The van der Waals surface area contributed by atoms with Crippen LogP contribution in [0.5, 0.6) is 11.5 Å². The summed E-state index contributed by atoms with van der Waals surface area (Å²) in [6.45, 7) is 37.1. The summed E-state index contributed by atoms with van der Waals surface area (Å²) in [5.41, 5.74) is 7.86. The molecule has 0 radical (unpaired) electrons. The largest absolute Gasteiger partial charge is 0.489 e. The number of nitrogens with one attached hydrogen (secondary N) is 3. The highest BCUT2D eigenvalue weighted by molar-refractivity contribution is 5.96. The van der Waals surface area contributed by atoms with Crippen molar-refractivity contribution in [3.63, 3.8) is 0 Å². The number of hydrogen-bond acceptors (Lipinski definition) is 21. The Morgan fingerprint density at radius 3 is 1.22 bits per heavy atom. The fraction of sp³-hybridized carbons (Fsp3) is 0.512. The van der Waals surface area contributed by atoms with Crippen LogP contribution < -0.4 is 45.0 Å². The fourth-order valence-corrected chi connectivity index (χ4v) is 16.8. The van der Waals surface area contributed by atoms with E-state index in [2.05, 4.69) is 145 Å². The first-order valence-corrected chi connectivity index (χ1v) is 36.0. The number of aldehydes is 1. The third kappa shape index (κ3) is 17.5. The summed E-state index contributed by atoms with van der Waals surface area (Å²) in [6, 6.07) is 27.9. The Hall–Kier alpha value is -9.42. The average Bonchev–Trinajstić information content (AvgIpc) is 0.713. The molecule has 4 aromatic carbocycles. The van der Waals surface area contributed by atoms with Gasteiger partial charge >= 0.3 is 11.9 Å². The minimum absolute atomic E-state index is 0. The molecule has 6 heterocycles. The van der Waals surface area contributed by atoms with Crippen LogP contribution in [0, 0.1) is 83.9 Å². The molecule has 24 heteroatoms. The highest BCUT2D eigenvalue weighted by Gasteiger charge is 2.65. The monoisotopic (exact) mass is 1440 g/mol. The van der Waals surface area contributed by atoms with Crippen molar-refractivity contribution in [3.05, 3.63) is 153 Å². The van der Waals surface area contributed by atoms with E-state index in [1.54, 1.807) is 12.4 Å². The molecule has 554 valence electrons. The lowest BCUT2D eigenvalue weighted by molar-refractivity contribution is -0.164. The van der Waals surface area contributed by atoms with Crippen molar-refractivity contribution >= 4 is 65.5 Å². The third-order valence-electron chi connectivity index (χ3n) is 22.0. The van der Waals surface area contributed by atoms with Gasteiger partial charge in [0.1, 0.15) is 41.6 Å². The second kappa shape index (κ2) is 33.6. The standard InChI is InChI=1S/C40H51N7O4.C30H37N3O3.C10H14N4O2.ClH/c1-26-20-31(21-27(2)32(26)22-41)51-38-39(3,4)37(40(38,5)6)44-35(48)29-8-10-30(11-9-29)46-14-12-28(13-15-46)25-45-16-18-47(19-17-45)34-24-42-33(23-43-34)36(49)50-7;1-19-15-24(16-20(2)25(19)17-31)36-28-29(3,4)27(30(28,5)6)32-26(35)22-7-9-23(10-8-22)33-13-11-21(18-34)12-14-33;1-16-10(15)8-6-13-9(7-12-8)14-4-2-11-3-5-14;/h8-11,20-21,23-24,28,37-38H,12-19,25H2,1-7H3,(H,44,48);7-10,15-16,18,21,27-28H,11-14H2,1-6H3,(H,32,35);6-7,11H,2-5H2,1H3;1H. The molecule has 0 bridgehead atoms. The van der Waals surface area contributed by atoms with Crippen LogP contribution in [0.1, 0.15) is 156 Å². The van der Waals surface area contributed by atoms with E-state index in [0.29, 0.717) is 28.2 Å². The number of rotatable bonds is 17. The van der Waals surface area contributed by atoms with Crippen molar-refractivity contribution in [2.75, 3.05) is 119 Å². The van der Waals surface area contributed by atoms with Gasteiger partial charge in [0.15, 0.2) is 11.4 Å². The number of halogens is 1. The molecule has 2 amide bonds. The summed E-state index contributed by atoms with van der Waals surface area (Å²) in [5, 5.41) is 28.7. The quantitative estimate of drug-likeness (QED) is 0.0565. The Balaban J connectivity index is 0.000000204. The van der Waals surface area contributed by atoms with Gasteiger partial charge in [-0.2, -0.15) is 10.5 Å². The van der Waals surface area contributed by atoms with Crippen molar-refractivity contribution in [2.45, 2.75) is 133 Å². The molecular formula is C80H103ClN14O9. The second-order valence-corrected chi connectivity index (χ2v) is 30.7. The Morgan fingerprint density at radius 1 is 0.519 bits per heavy atom. The number of hydrogen-bond donors (Lipinski definition) is 3. The molecule has 4 saturated heterocycles. The number of benzene rings is 4. The summed E-state index contributed by atoms with van der Waals surface area (Å²) >= 11 is 0. The number of carbonyl (C=O) groups excluding carboxylic acids is 5. The van der Waals surface area contributed by atoms with Crippen LogP contribution in [0.2, 0.25) is 0 Å². The van der Waals surface area contributed by atoms with Crippen LogP contribution in [-0.4, -0.2) is 178 Å². The number of aromatic nitrogens is 4. The van der Waals surface area contributed by atoms with Gasteiger partial charge in [0.05, 0.1) is 62.3 Å². The Morgan fingerprint density at radius 2 is 0.885 bits per heavy atom. The summed E-state index contributed by atoms with van der Waals surface area (Å²) < 4.78 is 22.3.